The fourth-order valence-electron chi connectivity index (χ4n) is 2.33. The van der Waals surface area contributed by atoms with Gasteiger partial charge in [0.05, 0.1) is 0 Å². The normalized spacial score (nSPS) is 17.9. The molecule has 1 aliphatic heterocycles. The lowest BCUT2D eigenvalue weighted by atomic mass is 10.1. The number of nitrogens with one attached hydrogen (secondary N) is 3. The van der Waals surface area contributed by atoms with Gasteiger partial charge in [0.1, 0.15) is 4.21 Å². The number of rotatable bonds is 3. The molecule has 0 bridgehead atoms. The summed E-state index contributed by atoms with van der Waals surface area (Å²) in [6.07, 6.45) is 0.761. The van der Waals surface area contributed by atoms with Crippen molar-refractivity contribution in [2.75, 3.05) is 10.0 Å². The van der Waals surface area contributed by atoms with Crippen molar-refractivity contribution >= 4 is 50.1 Å². The maximum atomic E-state index is 12.3. The second kappa shape index (κ2) is 5.86. The Morgan fingerprint density at radius 3 is 2.91 bits per heavy atom. The third-order valence-corrected chi connectivity index (χ3v) is 6.27. The first-order valence-corrected chi connectivity index (χ1v) is 9.48. The topological polar surface area (TPSA) is 70.2 Å². The molecule has 0 radical (unpaired) electrons. The smallest absolute Gasteiger partial charge is 0.271 e. The van der Waals surface area contributed by atoms with Crippen molar-refractivity contribution in [1.29, 1.82) is 0 Å². The van der Waals surface area contributed by atoms with Crippen molar-refractivity contribution in [2.45, 2.75) is 23.6 Å². The van der Waals surface area contributed by atoms with E-state index in [1.165, 1.54) is 11.3 Å². The van der Waals surface area contributed by atoms with E-state index < -0.39 is 10.0 Å². The maximum Gasteiger partial charge on any atom is 0.271 e. The number of benzene rings is 1. The predicted octanol–water partition coefficient (Wildman–Crippen LogP) is 2.78. The molecule has 1 aliphatic rings. The van der Waals surface area contributed by atoms with Crippen LogP contribution in [-0.2, 0) is 16.4 Å². The van der Waals surface area contributed by atoms with Gasteiger partial charge in [0, 0.05) is 17.4 Å². The highest BCUT2D eigenvalue weighted by atomic mass is 32.2. The Morgan fingerprint density at radius 2 is 2.18 bits per heavy atom. The molecule has 2 heterocycles. The zero-order valence-electron chi connectivity index (χ0n) is 11.8. The summed E-state index contributed by atoms with van der Waals surface area (Å²) in [5, 5.41) is 8.60. The standard InChI is InChI=1S/C14H15N3O2S3/c1-9-7-10-8-11(4-5-12(10)16-14(20)15-9)17-22(18,19)13-3-2-6-21-13/h2-6,8-9,17H,7H2,1H3,(H2,15,16,20). The molecule has 0 saturated heterocycles. The van der Waals surface area contributed by atoms with Gasteiger partial charge in [-0.05, 0) is 60.8 Å². The number of thiophene rings is 1. The van der Waals surface area contributed by atoms with Gasteiger partial charge in [0.15, 0.2) is 5.11 Å². The average Bonchev–Trinajstić information content (AvgIpc) is 2.91. The van der Waals surface area contributed by atoms with Gasteiger partial charge in [-0.25, -0.2) is 8.42 Å². The van der Waals surface area contributed by atoms with Gasteiger partial charge < -0.3 is 10.6 Å². The minimum atomic E-state index is -3.52. The fourth-order valence-corrected chi connectivity index (χ4v) is 4.69. The minimum absolute atomic E-state index is 0.186. The SMILES string of the molecule is CC1Cc2cc(NS(=O)(=O)c3cccs3)ccc2NC(=S)N1. The Balaban J connectivity index is 1.89. The van der Waals surface area contributed by atoms with Crippen LogP contribution in [-0.4, -0.2) is 19.6 Å². The van der Waals surface area contributed by atoms with Crippen LogP contribution in [0.2, 0.25) is 0 Å². The summed E-state index contributed by atoms with van der Waals surface area (Å²) in [5.74, 6) is 0. The quantitative estimate of drug-likeness (QED) is 0.740. The summed E-state index contributed by atoms with van der Waals surface area (Å²) < 4.78 is 27.5. The van der Waals surface area contributed by atoms with Crippen LogP contribution < -0.4 is 15.4 Å². The maximum absolute atomic E-state index is 12.3. The number of hydrogen-bond donors (Lipinski definition) is 3. The van der Waals surface area contributed by atoms with Gasteiger partial charge in [0.2, 0.25) is 0 Å². The molecule has 3 rings (SSSR count). The minimum Gasteiger partial charge on any atom is -0.360 e. The Hall–Kier alpha value is -1.64. The van der Waals surface area contributed by atoms with Gasteiger partial charge in [-0.1, -0.05) is 6.07 Å². The van der Waals surface area contributed by atoms with Crippen molar-refractivity contribution in [3.05, 3.63) is 41.3 Å². The molecule has 0 amide bonds. The van der Waals surface area contributed by atoms with Crippen LogP contribution in [0.25, 0.3) is 0 Å². The zero-order chi connectivity index (χ0) is 15.7. The Kier molecular flexibility index (Phi) is 4.07. The van der Waals surface area contributed by atoms with Gasteiger partial charge in [-0.3, -0.25) is 4.72 Å². The second-order valence-electron chi connectivity index (χ2n) is 5.11. The molecule has 3 N–H and O–H groups in total. The van der Waals surface area contributed by atoms with E-state index in [0.29, 0.717) is 15.0 Å². The highest BCUT2D eigenvalue weighted by molar-refractivity contribution is 7.94. The van der Waals surface area contributed by atoms with Crippen LogP contribution in [0.3, 0.4) is 0 Å². The molecule has 1 unspecified atom stereocenters. The lowest BCUT2D eigenvalue weighted by molar-refractivity contribution is 0.603. The van der Waals surface area contributed by atoms with Crippen molar-refractivity contribution in [3.63, 3.8) is 0 Å². The average molecular weight is 353 g/mol. The molecule has 0 fully saturated rings. The number of fused-ring (bicyclic) bond motifs is 1. The number of hydrogen-bond acceptors (Lipinski definition) is 4. The molecule has 0 aliphatic carbocycles. The number of thiocarbonyl (C=S) groups is 1. The molecular weight excluding hydrogens is 338 g/mol. The van der Waals surface area contributed by atoms with Crippen LogP contribution in [0, 0.1) is 0 Å². The van der Waals surface area contributed by atoms with E-state index in [0.717, 1.165) is 17.7 Å². The summed E-state index contributed by atoms with van der Waals surface area (Å²) in [6.45, 7) is 2.03. The van der Waals surface area contributed by atoms with Crippen molar-refractivity contribution in [2.24, 2.45) is 0 Å². The molecule has 8 heteroatoms. The van der Waals surface area contributed by atoms with Crippen LogP contribution in [0.4, 0.5) is 11.4 Å². The van der Waals surface area contributed by atoms with E-state index in [9.17, 15) is 8.42 Å². The molecule has 2 aromatic rings. The van der Waals surface area contributed by atoms with E-state index in [-0.39, 0.29) is 6.04 Å². The van der Waals surface area contributed by atoms with E-state index in [4.69, 9.17) is 12.2 Å². The molecule has 5 nitrogen and oxygen atoms in total. The lowest BCUT2D eigenvalue weighted by Crippen LogP contribution is -2.34. The summed E-state index contributed by atoms with van der Waals surface area (Å²) in [5.41, 5.74) is 2.47. The fraction of sp³-hybridized carbons (Fsp3) is 0.214. The summed E-state index contributed by atoms with van der Waals surface area (Å²) in [7, 11) is -3.52. The molecule has 0 spiro atoms. The second-order valence-corrected chi connectivity index (χ2v) is 8.38. The Bertz CT molecular complexity index is 801. The number of anilines is 2. The first kappa shape index (κ1) is 15.3. The van der Waals surface area contributed by atoms with E-state index >= 15 is 0 Å². The van der Waals surface area contributed by atoms with E-state index in [1.54, 1.807) is 23.6 Å². The van der Waals surface area contributed by atoms with Crippen LogP contribution in [0.1, 0.15) is 12.5 Å². The molecule has 1 atom stereocenters. The van der Waals surface area contributed by atoms with Crippen LogP contribution in [0.5, 0.6) is 0 Å². The van der Waals surface area contributed by atoms with Gasteiger partial charge in [-0.15, -0.1) is 11.3 Å². The summed E-state index contributed by atoms with van der Waals surface area (Å²) >= 11 is 6.38. The van der Waals surface area contributed by atoms with Crippen LogP contribution in [0.15, 0.2) is 39.9 Å². The molecule has 1 aromatic carbocycles. The largest absolute Gasteiger partial charge is 0.360 e. The monoisotopic (exact) mass is 353 g/mol. The van der Waals surface area contributed by atoms with Gasteiger partial charge in [0.25, 0.3) is 10.0 Å². The van der Waals surface area contributed by atoms with E-state index in [1.807, 2.05) is 19.1 Å². The molecule has 22 heavy (non-hydrogen) atoms. The van der Waals surface area contributed by atoms with Gasteiger partial charge in [-0.2, -0.15) is 0 Å². The lowest BCUT2D eigenvalue weighted by Gasteiger charge is -2.11. The first-order valence-electron chi connectivity index (χ1n) is 6.71. The first-order chi connectivity index (χ1) is 10.4. The highest BCUT2D eigenvalue weighted by Gasteiger charge is 2.18. The van der Waals surface area contributed by atoms with Crippen molar-refractivity contribution in [1.82, 2.24) is 5.32 Å². The summed E-state index contributed by atoms with van der Waals surface area (Å²) in [4.78, 5) is 0. The van der Waals surface area contributed by atoms with Crippen LogP contribution >= 0.6 is 23.6 Å². The molecule has 0 saturated carbocycles. The number of sulfonamides is 1. The highest BCUT2D eigenvalue weighted by Crippen LogP contribution is 2.26. The summed E-state index contributed by atoms with van der Waals surface area (Å²) in [6, 6.07) is 8.91. The van der Waals surface area contributed by atoms with Crippen molar-refractivity contribution in [3.8, 4) is 0 Å². The molecule has 116 valence electrons. The van der Waals surface area contributed by atoms with E-state index in [2.05, 4.69) is 15.4 Å². The third-order valence-electron chi connectivity index (χ3n) is 3.27. The molecular formula is C14H15N3O2S3. The third kappa shape index (κ3) is 3.23. The predicted molar refractivity (Wildman–Crippen MR) is 94.1 cm³/mol. The Morgan fingerprint density at radius 1 is 1.36 bits per heavy atom. The molecule has 1 aromatic heterocycles. The van der Waals surface area contributed by atoms with Gasteiger partial charge >= 0.3 is 0 Å². The van der Waals surface area contributed by atoms with Crippen molar-refractivity contribution < 1.29 is 8.42 Å². The Labute approximate surface area is 138 Å². The zero-order valence-corrected chi connectivity index (χ0v) is 14.2.